The smallest absolute Gasteiger partial charge is 0.227 e. The molecule has 0 unspecified atom stereocenters. The van der Waals surface area contributed by atoms with E-state index in [2.05, 4.69) is 9.97 Å². The lowest BCUT2D eigenvalue weighted by Crippen LogP contribution is -2.49. The van der Waals surface area contributed by atoms with Crippen LogP contribution in [0.1, 0.15) is 23.4 Å². The number of amides is 1. The number of hydrogen-bond acceptors (Lipinski definition) is 5. The maximum atomic E-state index is 12.9. The first-order valence-corrected chi connectivity index (χ1v) is 8.94. The number of aryl methyl sites for hydroxylation is 2. The van der Waals surface area contributed by atoms with Crippen LogP contribution in [0.25, 0.3) is 0 Å². The molecule has 1 aliphatic rings. The predicted octanol–water partition coefficient (Wildman–Crippen LogP) is 2.20. The first-order valence-electron chi connectivity index (χ1n) is 8.94. The Balaban J connectivity index is 1.64. The Labute approximate surface area is 154 Å². The normalized spacial score (nSPS) is 17.2. The number of carbonyl (C=O) groups is 1. The highest BCUT2D eigenvalue weighted by molar-refractivity contribution is 5.79. The molecule has 0 bridgehead atoms. The number of nitrogens with zero attached hydrogens (tertiary/aromatic N) is 3. The molecule has 1 amide bonds. The van der Waals surface area contributed by atoms with Gasteiger partial charge >= 0.3 is 0 Å². The van der Waals surface area contributed by atoms with Gasteiger partial charge < -0.3 is 14.4 Å². The predicted molar refractivity (Wildman–Crippen MR) is 98.1 cm³/mol. The van der Waals surface area contributed by atoms with Gasteiger partial charge in [-0.05, 0) is 37.5 Å². The van der Waals surface area contributed by atoms with E-state index in [1.54, 1.807) is 19.5 Å². The van der Waals surface area contributed by atoms with Crippen LogP contribution in [0.3, 0.4) is 0 Å². The Morgan fingerprint density at radius 3 is 3.00 bits per heavy atom. The van der Waals surface area contributed by atoms with Gasteiger partial charge in [0.05, 0.1) is 44.2 Å². The maximum absolute atomic E-state index is 12.9. The maximum Gasteiger partial charge on any atom is 0.227 e. The Hall–Kier alpha value is -2.47. The van der Waals surface area contributed by atoms with Gasteiger partial charge in [-0.1, -0.05) is 12.1 Å². The number of aromatic nitrogens is 2. The topological polar surface area (TPSA) is 64.5 Å². The highest BCUT2D eigenvalue weighted by Crippen LogP contribution is 2.18. The molecule has 1 saturated heterocycles. The molecule has 0 radical (unpaired) electrons. The summed E-state index contributed by atoms with van der Waals surface area (Å²) in [5.74, 6) is 0.898. The van der Waals surface area contributed by atoms with Crippen molar-refractivity contribution in [3.63, 3.8) is 0 Å². The number of ether oxygens (including phenoxy) is 2. The lowest BCUT2D eigenvalue weighted by atomic mass is 10.0. The largest absolute Gasteiger partial charge is 0.497 e. The second kappa shape index (κ2) is 8.76. The molecule has 0 aliphatic carbocycles. The zero-order valence-corrected chi connectivity index (χ0v) is 15.4. The molecule has 2 aromatic rings. The monoisotopic (exact) mass is 355 g/mol. The minimum atomic E-state index is 0.0725. The molecule has 6 nitrogen and oxygen atoms in total. The second-order valence-corrected chi connectivity index (χ2v) is 6.47. The van der Waals surface area contributed by atoms with Crippen molar-refractivity contribution < 1.29 is 14.3 Å². The lowest BCUT2D eigenvalue weighted by molar-refractivity contribution is -0.139. The van der Waals surface area contributed by atoms with Crippen LogP contribution in [0.15, 0.2) is 36.7 Å². The Bertz CT molecular complexity index is 751. The number of rotatable bonds is 6. The van der Waals surface area contributed by atoms with E-state index in [-0.39, 0.29) is 11.9 Å². The van der Waals surface area contributed by atoms with Crippen molar-refractivity contribution >= 4 is 5.91 Å². The van der Waals surface area contributed by atoms with Crippen LogP contribution < -0.4 is 4.74 Å². The first-order chi connectivity index (χ1) is 12.7. The van der Waals surface area contributed by atoms with Crippen LogP contribution in [-0.2, 0) is 22.4 Å². The van der Waals surface area contributed by atoms with Gasteiger partial charge in [0.15, 0.2) is 0 Å². The second-order valence-electron chi connectivity index (χ2n) is 6.47. The van der Waals surface area contributed by atoms with Crippen molar-refractivity contribution in [2.24, 2.45) is 0 Å². The van der Waals surface area contributed by atoms with E-state index in [1.807, 2.05) is 36.1 Å². The van der Waals surface area contributed by atoms with Gasteiger partial charge in [-0.2, -0.15) is 0 Å². The Kier molecular flexibility index (Phi) is 6.17. The molecule has 3 rings (SSSR count). The molecular formula is C20H25N3O3. The summed E-state index contributed by atoms with van der Waals surface area (Å²) in [5, 5.41) is 0. The Morgan fingerprint density at radius 2 is 2.19 bits per heavy atom. The van der Waals surface area contributed by atoms with E-state index in [1.165, 1.54) is 0 Å². The number of benzene rings is 1. The van der Waals surface area contributed by atoms with Crippen molar-refractivity contribution in [2.45, 2.75) is 32.2 Å². The van der Waals surface area contributed by atoms with Crippen LogP contribution in [0.4, 0.5) is 0 Å². The number of hydrogen-bond donors (Lipinski definition) is 0. The fourth-order valence-corrected chi connectivity index (χ4v) is 3.27. The number of carbonyl (C=O) groups excluding carboxylic acids is 1. The van der Waals surface area contributed by atoms with Crippen LogP contribution in [-0.4, -0.2) is 53.7 Å². The van der Waals surface area contributed by atoms with E-state index >= 15 is 0 Å². The third-order valence-electron chi connectivity index (χ3n) is 4.73. The van der Waals surface area contributed by atoms with Crippen molar-refractivity contribution in [1.29, 1.82) is 0 Å². The van der Waals surface area contributed by atoms with E-state index in [4.69, 9.17) is 9.47 Å². The summed E-state index contributed by atoms with van der Waals surface area (Å²) in [7, 11) is 1.63. The highest BCUT2D eigenvalue weighted by Gasteiger charge is 2.27. The third-order valence-corrected chi connectivity index (χ3v) is 4.73. The average molecular weight is 355 g/mol. The molecule has 1 aromatic heterocycles. The van der Waals surface area contributed by atoms with Gasteiger partial charge in [0, 0.05) is 18.9 Å². The minimum absolute atomic E-state index is 0.0725. The van der Waals surface area contributed by atoms with E-state index in [0.29, 0.717) is 26.2 Å². The summed E-state index contributed by atoms with van der Waals surface area (Å²) in [6.07, 6.45) is 5.40. The van der Waals surface area contributed by atoms with Crippen molar-refractivity contribution in [1.82, 2.24) is 14.9 Å². The molecule has 6 heteroatoms. The molecule has 2 heterocycles. The van der Waals surface area contributed by atoms with Gasteiger partial charge in [0.25, 0.3) is 0 Å². The van der Waals surface area contributed by atoms with Crippen molar-refractivity contribution in [3.05, 3.63) is 53.6 Å². The summed E-state index contributed by atoms with van der Waals surface area (Å²) in [6.45, 7) is 3.76. The van der Waals surface area contributed by atoms with Crippen LogP contribution in [0.2, 0.25) is 0 Å². The minimum Gasteiger partial charge on any atom is -0.497 e. The SMILES string of the molecule is COc1cccc(CC(=O)N2CCOC[C@@H]2CCc2nccnc2C)c1. The Morgan fingerprint density at radius 1 is 1.35 bits per heavy atom. The molecule has 1 aliphatic heterocycles. The van der Waals surface area contributed by atoms with E-state index < -0.39 is 0 Å². The zero-order chi connectivity index (χ0) is 18.4. The van der Waals surface area contributed by atoms with Gasteiger partial charge in [-0.3, -0.25) is 14.8 Å². The first kappa shape index (κ1) is 18.3. The molecule has 26 heavy (non-hydrogen) atoms. The zero-order valence-electron chi connectivity index (χ0n) is 15.4. The van der Waals surface area contributed by atoms with Gasteiger partial charge in [0.2, 0.25) is 5.91 Å². The standard InChI is InChI=1S/C20H25N3O3/c1-15-19(22-9-8-21-15)7-6-17-14-26-11-10-23(17)20(24)13-16-4-3-5-18(12-16)25-2/h3-5,8-9,12,17H,6-7,10-11,13-14H2,1-2H3/t17-/m0/s1. The third kappa shape index (κ3) is 4.58. The molecule has 138 valence electrons. The van der Waals surface area contributed by atoms with Crippen molar-refractivity contribution in [3.8, 4) is 5.75 Å². The number of methoxy groups -OCH3 is 1. The quantitative estimate of drug-likeness (QED) is 0.795. The fraction of sp³-hybridized carbons (Fsp3) is 0.450. The molecule has 0 spiro atoms. The summed E-state index contributed by atoms with van der Waals surface area (Å²) in [6, 6.07) is 7.74. The lowest BCUT2D eigenvalue weighted by Gasteiger charge is -2.36. The molecule has 1 fully saturated rings. The summed E-state index contributed by atoms with van der Waals surface area (Å²) >= 11 is 0. The summed E-state index contributed by atoms with van der Waals surface area (Å²) in [4.78, 5) is 23.5. The number of morpholine rings is 1. The molecule has 1 aromatic carbocycles. The molecule has 0 N–H and O–H groups in total. The van der Waals surface area contributed by atoms with Gasteiger partial charge in [-0.15, -0.1) is 0 Å². The van der Waals surface area contributed by atoms with Gasteiger partial charge in [-0.25, -0.2) is 0 Å². The van der Waals surface area contributed by atoms with Crippen LogP contribution in [0, 0.1) is 6.92 Å². The molecule has 0 saturated carbocycles. The highest BCUT2D eigenvalue weighted by atomic mass is 16.5. The van der Waals surface area contributed by atoms with Crippen molar-refractivity contribution in [2.75, 3.05) is 26.9 Å². The fourth-order valence-electron chi connectivity index (χ4n) is 3.27. The van der Waals surface area contributed by atoms with E-state index in [0.717, 1.165) is 35.5 Å². The van der Waals surface area contributed by atoms with Crippen LogP contribution in [0.5, 0.6) is 5.75 Å². The average Bonchev–Trinajstić information content (AvgIpc) is 2.67. The summed E-state index contributed by atoms with van der Waals surface area (Å²) in [5.41, 5.74) is 2.89. The molecule has 1 atom stereocenters. The van der Waals surface area contributed by atoms with E-state index in [9.17, 15) is 4.79 Å². The van der Waals surface area contributed by atoms with Crippen LogP contribution >= 0.6 is 0 Å². The molecular weight excluding hydrogens is 330 g/mol. The van der Waals surface area contributed by atoms with Gasteiger partial charge in [0.1, 0.15) is 5.75 Å². The summed E-state index contributed by atoms with van der Waals surface area (Å²) < 4.78 is 10.9.